The molecule has 0 radical (unpaired) electrons. The first-order valence-electron chi connectivity index (χ1n) is 4.88. The molecule has 0 fully saturated rings. The predicted octanol–water partition coefficient (Wildman–Crippen LogP) is 0.546. The maximum absolute atomic E-state index is 4.22. The van der Waals surface area contributed by atoms with Gasteiger partial charge in [-0.25, -0.2) is 9.67 Å². The molecule has 0 saturated heterocycles. The van der Waals surface area contributed by atoms with Crippen molar-refractivity contribution in [2.75, 3.05) is 0 Å². The summed E-state index contributed by atoms with van der Waals surface area (Å²) in [5.41, 5.74) is 0. The Morgan fingerprint density at radius 2 is 2.00 bits per heavy atom. The molecule has 0 amide bonds. The number of aromatic nitrogens is 5. The Morgan fingerprint density at radius 3 is 2.47 bits per heavy atom. The first-order chi connectivity index (χ1) is 6.98. The molecule has 0 saturated carbocycles. The van der Waals surface area contributed by atoms with Crippen molar-refractivity contribution >= 4 is 13.4 Å². The summed E-state index contributed by atoms with van der Waals surface area (Å²) < 4.78 is 3.70. The maximum Gasteiger partial charge on any atom is 0.155 e. The van der Waals surface area contributed by atoms with Gasteiger partial charge in [0, 0.05) is 7.05 Å². The van der Waals surface area contributed by atoms with E-state index in [4.69, 9.17) is 0 Å². The Bertz CT molecular complexity index is 465. The molecular weight excluding hydrogens is 206 g/mol. The van der Waals surface area contributed by atoms with Gasteiger partial charge in [0.15, 0.2) is 5.82 Å². The van der Waals surface area contributed by atoms with Crippen molar-refractivity contribution < 1.29 is 0 Å². The molecule has 0 aromatic carbocycles. The second kappa shape index (κ2) is 3.30. The minimum absolute atomic E-state index is 0.937. The van der Waals surface area contributed by atoms with E-state index in [0.717, 1.165) is 11.1 Å². The van der Waals surface area contributed by atoms with Crippen LogP contribution in [-0.4, -0.2) is 32.6 Å². The first-order valence-corrected chi connectivity index (χ1v) is 8.38. The number of hydrogen-bond acceptors (Lipinski definition) is 3. The highest BCUT2D eigenvalue weighted by Crippen LogP contribution is 2.04. The molecular formula is C9H15N5Si. The Labute approximate surface area is 89.8 Å². The molecule has 15 heavy (non-hydrogen) atoms. The van der Waals surface area contributed by atoms with Crippen molar-refractivity contribution in [2.45, 2.75) is 19.6 Å². The van der Waals surface area contributed by atoms with Gasteiger partial charge in [-0.05, 0) is 0 Å². The molecule has 0 atom stereocenters. The van der Waals surface area contributed by atoms with Gasteiger partial charge in [-0.1, -0.05) is 24.9 Å². The van der Waals surface area contributed by atoms with E-state index in [-0.39, 0.29) is 0 Å². The second-order valence-electron chi connectivity index (χ2n) is 4.66. The lowest BCUT2D eigenvalue weighted by atomic mass is 10.7. The molecule has 80 valence electrons. The zero-order chi connectivity index (χ0) is 11.1. The monoisotopic (exact) mass is 221 g/mol. The summed E-state index contributed by atoms with van der Waals surface area (Å²) in [5, 5.41) is 9.46. The maximum atomic E-state index is 4.22. The lowest BCUT2D eigenvalue weighted by Crippen LogP contribution is -2.38. The van der Waals surface area contributed by atoms with Crippen LogP contribution in [0.4, 0.5) is 0 Å². The highest BCUT2D eigenvalue weighted by molar-refractivity contribution is 6.88. The van der Waals surface area contributed by atoms with Crippen LogP contribution in [0.3, 0.4) is 0 Å². The number of imidazole rings is 1. The molecule has 0 aliphatic heterocycles. The van der Waals surface area contributed by atoms with Crippen LogP contribution in [0.5, 0.6) is 0 Å². The molecule has 0 aliphatic rings. The SMILES string of the molecule is Cn1cncc1-n1cc([Si](C)(C)C)nn1. The highest BCUT2D eigenvalue weighted by Gasteiger charge is 2.21. The molecule has 2 rings (SSSR count). The molecule has 0 unspecified atom stereocenters. The van der Waals surface area contributed by atoms with E-state index in [1.165, 1.54) is 0 Å². The lowest BCUT2D eigenvalue weighted by molar-refractivity contribution is 0.736. The highest BCUT2D eigenvalue weighted by atomic mass is 28.3. The Hall–Kier alpha value is -1.43. The van der Waals surface area contributed by atoms with Gasteiger partial charge in [-0.2, -0.15) is 0 Å². The van der Waals surface area contributed by atoms with Crippen molar-refractivity contribution in [2.24, 2.45) is 7.05 Å². The largest absolute Gasteiger partial charge is 0.319 e. The summed E-state index contributed by atoms with van der Waals surface area (Å²) in [5.74, 6) is 0.937. The molecule has 2 aromatic rings. The van der Waals surface area contributed by atoms with E-state index < -0.39 is 8.07 Å². The van der Waals surface area contributed by atoms with Gasteiger partial charge in [0.25, 0.3) is 0 Å². The fourth-order valence-corrected chi connectivity index (χ4v) is 2.14. The van der Waals surface area contributed by atoms with Crippen LogP contribution in [0.2, 0.25) is 19.6 Å². The molecule has 5 nitrogen and oxygen atoms in total. The van der Waals surface area contributed by atoms with Crippen molar-refractivity contribution in [1.29, 1.82) is 0 Å². The number of hydrogen-bond donors (Lipinski definition) is 0. The molecule has 0 aliphatic carbocycles. The minimum atomic E-state index is -1.37. The Kier molecular flexibility index (Phi) is 2.22. The van der Waals surface area contributed by atoms with Gasteiger partial charge >= 0.3 is 0 Å². The van der Waals surface area contributed by atoms with Crippen molar-refractivity contribution in [3.63, 3.8) is 0 Å². The van der Waals surface area contributed by atoms with Crippen LogP contribution < -0.4 is 5.32 Å². The van der Waals surface area contributed by atoms with Crippen molar-refractivity contribution in [3.05, 3.63) is 18.7 Å². The quantitative estimate of drug-likeness (QED) is 0.696. The average molecular weight is 221 g/mol. The summed E-state index contributed by atoms with van der Waals surface area (Å²) in [7, 11) is 0.576. The number of aryl methyl sites for hydroxylation is 1. The molecule has 0 spiro atoms. The van der Waals surface area contributed by atoms with Gasteiger partial charge in [-0.15, -0.1) is 5.10 Å². The van der Waals surface area contributed by atoms with Crippen LogP contribution >= 0.6 is 0 Å². The summed E-state index contributed by atoms with van der Waals surface area (Å²) in [6.07, 6.45) is 5.54. The van der Waals surface area contributed by atoms with E-state index in [2.05, 4.69) is 34.9 Å². The van der Waals surface area contributed by atoms with Crippen LogP contribution in [0.25, 0.3) is 5.82 Å². The molecule has 0 N–H and O–H groups in total. The summed E-state index contributed by atoms with van der Waals surface area (Å²) >= 11 is 0. The first kappa shape index (κ1) is 10.1. The number of nitrogens with zero attached hydrogens (tertiary/aromatic N) is 5. The fraction of sp³-hybridized carbons (Fsp3) is 0.444. The van der Waals surface area contributed by atoms with Gasteiger partial charge < -0.3 is 4.57 Å². The van der Waals surface area contributed by atoms with Gasteiger partial charge in [-0.3, -0.25) is 0 Å². The van der Waals surface area contributed by atoms with E-state index in [0.29, 0.717) is 0 Å². The summed E-state index contributed by atoms with van der Waals surface area (Å²) in [6.45, 7) is 6.76. The van der Waals surface area contributed by atoms with E-state index in [1.54, 1.807) is 17.2 Å². The molecule has 6 heteroatoms. The van der Waals surface area contributed by atoms with E-state index in [1.807, 2.05) is 17.8 Å². The smallest absolute Gasteiger partial charge is 0.155 e. The van der Waals surface area contributed by atoms with Gasteiger partial charge in [0.2, 0.25) is 0 Å². The van der Waals surface area contributed by atoms with Gasteiger partial charge in [0.1, 0.15) is 8.07 Å². The average Bonchev–Trinajstić information content (AvgIpc) is 2.69. The van der Waals surface area contributed by atoms with Crippen LogP contribution in [0.1, 0.15) is 0 Å². The molecule has 0 bridgehead atoms. The van der Waals surface area contributed by atoms with E-state index >= 15 is 0 Å². The summed E-state index contributed by atoms with van der Waals surface area (Å²) in [6, 6.07) is 0. The van der Waals surface area contributed by atoms with E-state index in [9.17, 15) is 0 Å². The van der Waals surface area contributed by atoms with Crippen LogP contribution in [0.15, 0.2) is 18.7 Å². The molecule has 2 heterocycles. The van der Waals surface area contributed by atoms with Crippen LogP contribution in [-0.2, 0) is 7.05 Å². The fourth-order valence-electron chi connectivity index (χ4n) is 1.29. The Morgan fingerprint density at radius 1 is 1.27 bits per heavy atom. The van der Waals surface area contributed by atoms with Crippen LogP contribution in [0, 0.1) is 0 Å². The van der Waals surface area contributed by atoms with Crippen molar-refractivity contribution in [3.8, 4) is 5.82 Å². The third-order valence-corrected chi connectivity index (χ3v) is 4.05. The van der Waals surface area contributed by atoms with Gasteiger partial charge in [0.05, 0.1) is 24.0 Å². The zero-order valence-corrected chi connectivity index (χ0v) is 10.5. The Balaban J connectivity index is 2.41. The standard InChI is InChI=1S/C9H15N5Si/c1-13-7-10-5-9(13)14-6-8(11-12-14)15(2,3)4/h5-7H,1-4H3. The molecule has 2 aromatic heterocycles. The predicted molar refractivity (Wildman–Crippen MR) is 61.1 cm³/mol. The normalized spacial score (nSPS) is 12.0. The zero-order valence-electron chi connectivity index (χ0n) is 9.47. The third kappa shape index (κ3) is 1.85. The van der Waals surface area contributed by atoms with Crippen molar-refractivity contribution in [1.82, 2.24) is 24.5 Å². The lowest BCUT2D eigenvalue weighted by Gasteiger charge is -2.09. The second-order valence-corrected chi connectivity index (χ2v) is 9.67. The summed E-state index contributed by atoms with van der Waals surface area (Å²) in [4.78, 5) is 4.06. The minimum Gasteiger partial charge on any atom is -0.319 e. The third-order valence-electron chi connectivity index (χ3n) is 2.29. The topological polar surface area (TPSA) is 48.5 Å². The number of rotatable bonds is 2.